The van der Waals surface area contributed by atoms with Crippen molar-refractivity contribution in [3.05, 3.63) is 156 Å². The Morgan fingerprint density at radius 1 is 0.898 bits per heavy atom. The molecule has 7 N–H and O–H groups in total. The number of nitrogens with zero attached hydrogens (tertiary/aromatic N) is 2. The summed E-state index contributed by atoms with van der Waals surface area (Å²) in [5.41, 5.74) is 14.4. The molecule has 0 aliphatic carbocycles. The second-order valence-corrected chi connectivity index (χ2v) is 12.3. The second kappa shape index (κ2) is 21.2. The molecule has 3 aromatic carbocycles. The third kappa shape index (κ3) is 13.3. The van der Waals surface area contributed by atoms with Crippen LogP contribution in [0.15, 0.2) is 133 Å². The molecule has 8 nitrogen and oxygen atoms in total. The van der Waals surface area contributed by atoms with E-state index in [1.807, 2.05) is 13.1 Å². The molecule has 0 fully saturated rings. The summed E-state index contributed by atoms with van der Waals surface area (Å²) in [7, 11) is 1.91. The first-order valence-corrected chi connectivity index (χ1v) is 17.3. The second-order valence-electron chi connectivity index (χ2n) is 12.3. The number of allylic oxidation sites excluding steroid dienone is 1. The molecule has 1 heterocycles. The number of guanidine groups is 1. The average Bonchev–Trinajstić information content (AvgIpc) is 3.53. The van der Waals surface area contributed by atoms with Crippen LogP contribution in [0.5, 0.6) is 0 Å². The number of hydrogen-bond donors (Lipinski definition) is 6. The van der Waals surface area contributed by atoms with Crippen molar-refractivity contribution in [2.24, 2.45) is 10.7 Å². The molecule has 0 bridgehead atoms. The third-order valence-corrected chi connectivity index (χ3v) is 8.31. The fraction of sp³-hybridized carbons (Fsp3) is 0.341. The Balaban J connectivity index is 0.00000154. The van der Waals surface area contributed by atoms with E-state index in [4.69, 9.17) is 5.73 Å². The molecule has 0 saturated heterocycles. The highest BCUT2D eigenvalue weighted by Crippen LogP contribution is 2.35. The summed E-state index contributed by atoms with van der Waals surface area (Å²) in [4.78, 5) is 7.02. The van der Waals surface area contributed by atoms with Gasteiger partial charge < -0.3 is 32.3 Å². The molecule has 0 aromatic heterocycles. The van der Waals surface area contributed by atoms with Crippen LogP contribution in [-0.2, 0) is 19.6 Å². The summed E-state index contributed by atoms with van der Waals surface area (Å²) in [5.74, 6) is 0.979. The lowest BCUT2D eigenvalue weighted by Gasteiger charge is -2.33. The van der Waals surface area contributed by atoms with Gasteiger partial charge in [-0.25, -0.2) is 0 Å². The Morgan fingerprint density at radius 2 is 1.53 bits per heavy atom. The topological polar surface area (TPSA) is 102 Å². The van der Waals surface area contributed by atoms with Gasteiger partial charge in [0.15, 0.2) is 5.96 Å². The summed E-state index contributed by atoms with van der Waals surface area (Å²) < 4.78 is 0. The van der Waals surface area contributed by atoms with E-state index in [2.05, 4.69) is 156 Å². The van der Waals surface area contributed by atoms with Crippen molar-refractivity contribution >= 4 is 5.96 Å². The predicted octanol–water partition coefficient (Wildman–Crippen LogP) is 6.37. The summed E-state index contributed by atoms with van der Waals surface area (Å²) in [6.07, 6.45) is 4.57. The fourth-order valence-corrected chi connectivity index (χ4v) is 5.56. The highest BCUT2D eigenvalue weighted by Gasteiger charge is 2.30. The molecule has 49 heavy (non-hydrogen) atoms. The van der Waals surface area contributed by atoms with Gasteiger partial charge in [0.05, 0.1) is 17.9 Å². The normalized spacial score (nSPS) is 13.6. The number of benzene rings is 3. The van der Waals surface area contributed by atoms with E-state index >= 15 is 0 Å². The molecule has 0 spiro atoms. The Bertz CT molecular complexity index is 1470. The van der Waals surface area contributed by atoms with Crippen molar-refractivity contribution in [2.45, 2.75) is 64.8 Å². The standard InChI is InChI=1S/C37H50N8.C4H8/c1-27-17-19-31(20-18-27)24-42-28(2)35(16-11-21-41-37(38)44-30(4)40-23-22-39-5)43-29(3)36(32-12-7-6-8-13-32)45-25-33-14-9-10-15-34(33)26-45;1-3-4-2/h6-10,12-15,17-20,35-36,39-40,42-43H,2-4,11,16,21-26H2,1,5H3,(H3,38,41,44);3H,1,4H2,2H3. The predicted molar refractivity (Wildman–Crippen MR) is 209 cm³/mol. The first kappa shape index (κ1) is 38.7. The maximum Gasteiger partial charge on any atom is 0.194 e. The maximum absolute atomic E-state index is 6.13. The van der Waals surface area contributed by atoms with Gasteiger partial charge in [0, 0.05) is 50.7 Å². The van der Waals surface area contributed by atoms with Crippen LogP contribution < -0.4 is 32.3 Å². The molecule has 8 heteroatoms. The number of nitrogens with one attached hydrogen (secondary N) is 5. The molecule has 0 saturated carbocycles. The first-order chi connectivity index (χ1) is 23.7. The quantitative estimate of drug-likeness (QED) is 0.0384. The molecule has 1 aliphatic rings. The Labute approximate surface area is 295 Å². The molecule has 0 radical (unpaired) electrons. The number of aryl methyl sites for hydroxylation is 1. The van der Waals surface area contributed by atoms with E-state index in [1.54, 1.807) is 0 Å². The first-order valence-electron chi connectivity index (χ1n) is 17.3. The van der Waals surface area contributed by atoms with Crippen LogP contribution in [0.2, 0.25) is 0 Å². The van der Waals surface area contributed by atoms with Gasteiger partial charge in [-0.3, -0.25) is 9.89 Å². The molecule has 4 rings (SSSR count). The minimum Gasteiger partial charge on any atom is -0.383 e. The highest BCUT2D eigenvalue weighted by atomic mass is 15.2. The van der Waals surface area contributed by atoms with Gasteiger partial charge in [-0.1, -0.05) is 117 Å². The lowest BCUT2D eigenvalue weighted by Crippen LogP contribution is -2.40. The van der Waals surface area contributed by atoms with Gasteiger partial charge in [-0.05, 0) is 55.5 Å². The number of fused-ring (bicyclic) bond motifs is 1. The van der Waals surface area contributed by atoms with Crippen LogP contribution >= 0.6 is 0 Å². The van der Waals surface area contributed by atoms with E-state index in [9.17, 15) is 0 Å². The number of rotatable bonds is 19. The van der Waals surface area contributed by atoms with Crippen molar-refractivity contribution in [3.63, 3.8) is 0 Å². The molecule has 0 amide bonds. The van der Waals surface area contributed by atoms with Crippen molar-refractivity contribution in [2.75, 3.05) is 26.7 Å². The molecular weight excluding hydrogens is 605 g/mol. The van der Waals surface area contributed by atoms with Crippen molar-refractivity contribution in [1.29, 1.82) is 0 Å². The number of nitrogens with two attached hydrogens (primary N) is 1. The monoisotopic (exact) mass is 662 g/mol. The average molecular weight is 663 g/mol. The lowest BCUT2D eigenvalue weighted by atomic mass is 10.0. The summed E-state index contributed by atoms with van der Waals surface area (Å²) in [5, 5.41) is 16.7. The van der Waals surface area contributed by atoms with Crippen molar-refractivity contribution in [3.8, 4) is 0 Å². The Hall–Kier alpha value is -4.79. The van der Waals surface area contributed by atoms with Gasteiger partial charge >= 0.3 is 0 Å². The van der Waals surface area contributed by atoms with Crippen LogP contribution in [-0.4, -0.2) is 43.6 Å². The SMILES string of the molecule is C=C(NCCNC)NC(N)=NCCCC(NC(=C)C(c1ccccc1)N1Cc2ccccc2C1)C(=C)NCc1ccc(C)cc1.C=CCC. The van der Waals surface area contributed by atoms with E-state index in [0.29, 0.717) is 24.9 Å². The van der Waals surface area contributed by atoms with E-state index in [0.717, 1.165) is 56.8 Å². The number of hydrogen-bond acceptors (Lipinski definition) is 6. The third-order valence-electron chi connectivity index (χ3n) is 8.31. The maximum atomic E-state index is 6.13. The van der Waals surface area contributed by atoms with Gasteiger partial charge in [0.1, 0.15) is 0 Å². The van der Waals surface area contributed by atoms with Gasteiger partial charge in [0.25, 0.3) is 0 Å². The van der Waals surface area contributed by atoms with Crippen LogP contribution in [0.3, 0.4) is 0 Å². The molecule has 262 valence electrons. The van der Waals surface area contributed by atoms with Crippen LogP contribution in [0.4, 0.5) is 0 Å². The minimum atomic E-state index is -0.0540. The minimum absolute atomic E-state index is 0.00489. The largest absolute Gasteiger partial charge is 0.383 e. The van der Waals surface area contributed by atoms with Crippen LogP contribution in [0, 0.1) is 6.92 Å². The zero-order valence-electron chi connectivity index (χ0n) is 29.9. The van der Waals surface area contributed by atoms with Gasteiger partial charge in [-0.15, -0.1) is 6.58 Å². The molecule has 2 atom stereocenters. The van der Waals surface area contributed by atoms with Crippen LogP contribution in [0.1, 0.15) is 60.0 Å². The zero-order chi connectivity index (χ0) is 35.4. The summed E-state index contributed by atoms with van der Waals surface area (Å²) in [6, 6.07) is 27.8. The van der Waals surface area contributed by atoms with Crippen molar-refractivity contribution in [1.82, 2.24) is 31.5 Å². The number of aliphatic imine (C=N–C) groups is 1. The number of likely N-dealkylation sites (N-methyl/N-ethyl adjacent to an activating group) is 1. The van der Waals surface area contributed by atoms with Gasteiger partial charge in [0.2, 0.25) is 0 Å². The molecule has 3 aromatic rings. The van der Waals surface area contributed by atoms with Crippen molar-refractivity contribution < 1.29 is 0 Å². The van der Waals surface area contributed by atoms with Crippen LogP contribution in [0.25, 0.3) is 0 Å². The lowest BCUT2D eigenvalue weighted by molar-refractivity contribution is 0.218. The van der Waals surface area contributed by atoms with E-state index in [1.165, 1.54) is 27.8 Å². The van der Waals surface area contributed by atoms with E-state index in [-0.39, 0.29) is 12.1 Å². The summed E-state index contributed by atoms with van der Waals surface area (Å²) in [6.45, 7) is 25.3. The smallest absolute Gasteiger partial charge is 0.194 e. The van der Waals surface area contributed by atoms with Gasteiger partial charge in [-0.2, -0.15) is 0 Å². The Morgan fingerprint density at radius 3 is 2.14 bits per heavy atom. The fourth-order valence-electron chi connectivity index (χ4n) is 5.56. The molecule has 1 aliphatic heterocycles. The highest BCUT2D eigenvalue weighted by molar-refractivity contribution is 5.79. The molecule has 2 unspecified atom stereocenters. The Kier molecular flexibility index (Phi) is 16.8. The summed E-state index contributed by atoms with van der Waals surface area (Å²) >= 11 is 0. The van der Waals surface area contributed by atoms with E-state index < -0.39 is 0 Å². The zero-order valence-corrected chi connectivity index (χ0v) is 29.9. The molecular formula is C41H58N8.